The number of fused-ring (bicyclic) bond motifs is 2. The number of halogens is 1. The molecular weight excluding hydrogens is 704 g/mol. The standard InChI is InChI=1S/C38H42BFN3O9S/c1-48-28-9-5-24(6-10-28)21-50-31-14-13-30(34(40)36(31)51-22-25-7-11-29(49-2)12-8-25)37(45)41-15-17-43(16-3-4-27(43)19-41)20-26-23-53(47)33-18-32(44)42(33)35(26)38(46)52-39/h5-14,27,33H,3-4,15-23,39H2,1-2H3/q+1/t27-,33+,43+,53?/m0/s1. The van der Waals surface area contributed by atoms with Gasteiger partial charge in [-0.05, 0) is 58.7 Å². The predicted molar refractivity (Wildman–Crippen MR) is 195 cm³/mol. The normalized spacial score (nSPS) is 23.5. The Kier molecular flexibility index (Phi) is 10.6. The van der Waals surface area contributed by atoms with Gasteiger partial charge in [0.15, 0.2) is 17.3 Å². The van der Waals surface area contributed by atoms with Crippen LogP contribution in [0, 0.1) is 5.82 Å². The molecule has 4 atom stereocenters. The lowest BCUT2D eigenvalue weighted by Crippen LogP contribution is -2.66. The van der Waals surface area contributed by atoms with Crippen LogP contribution in [0.25, 0.3) is 0 Å². The summed E-state index contributed by atoms with van der Waals surface area (Å²) in [5, 5.41) is -0.497. The van der Waals surface area contributed by atoms with Crippen molar-refractivity contribution in [3.05, 3.63) is 94.4 Å². The molecule has 0 spiro atoms. The van der Waals surface area contributed by atoms with Gasteiger partial charge in [-0.3, -0.25) is 14.5 Å². The Morgan fingerprint density at radius 3 is 2.25 bits per heavy atom. The molecule has 3 aromatic carbocycles. The minimum absolute atomic E-state index is 0.0123. The largest absolute Gasteiger partial charge is 0.614 e. The van der Waals surface area contributed by atoms with Gasteiger partial charge in [0.2, 0.25) is 11.3 Å². The molecule has 278 valence electrons. The van der Waals surface area contributed by atoms with Crippen molar-refractivity contribution >= 4 is 37.0 Å². The monoisotopic (exact) mass is 746 g/mol. The fourth-order valence-corrected chi connectivity index (χ4v) is 9.44. The van der Waals surface area contributed by atoms with Crippen LogP contribution in [0.2, 0.25) is 0 Å². The summed E-state index contributed by atoms with van der Waals surface area (Å²) < 4.78 is 57.9. The maximum absolute atomic E-state index is 16.5. The Morgan fingerprint density at radius 1 is 0.962 bits per heavy atom. The first-order valence-electron chi connectivity index (χ1n) is 17.6. The topological polar surface area (TPSA) is 127 Å². The molecule has 3 saturated heterocycles. The molecule has 12 nitrogen and oxygen atoms in total. The van der Waals surface area contributed by atoms with Crippen LogP contribution in [0.15, 0.2) is 71.9 Å². The third-order valence-electron chi connectivity index (χ3n) is 10.8. The van der Waals surface area contributed by atoms with Gasteiger partial charge >= 0.3 is 14.0 Å². The maximum atomic E-state index is 16.5. The molecule has 0 aliphatic carbocycles. The lowest BCUT2D eigenvalue weighted by molar-refractivity contribution is -0.938. The molecular formula is C38H42BFN3O9S+. The molecule has 0 radical (unpaired) electrons. The highest BCUT2D eigenvalue weighted by Crippen LogP contribution is 2.41. The molecule has 0 saturated carbocycles. The number of hydrogen-bond donors (Lipinski definition) is 0. The van der Waals surface area contributed by atoms with Gasteiger partial charge in [0.05, 0.1) is 58.0 Å². The molecule has 3 fully saturated rings. The summed E-state index contributed by atoms with van der Waals surface area (Å²) in [7, 11) is 4.44. The molecule has 53 heavy (non-hydrogen) atoms. The smallest absolute Gasteiger partial charge is 0.337 e. The van der Waals surface area contributed by atoms with E-state index in [0.717, 1.165) is 30.5 Å². The van der Waals surface area contributed by atoms with Gasteiger partial charge in [0.25, 0.3) is 5.91 Å². The quantitative estimate of drug-likeness (QED) is 0.119. The van der Waals surface area contributed by atoms with Crippen molar-refractivity contribution in [3.63, 3.8) is 0 Å². The van der Waals surface area contributed by atoms with E-state index >= 15 is 4.39 Å². The number of nitrogens with zero attached hydrogens (tertiary/aromatic N) is 3. The second-order valence-corrected chi connectivity index (χ2v) is 15.4. The molecule has 0 aromatic heterocycles. The maximum Gasteiger partial charge on any atom is 0.337 e. The Hall–Kier alpha value is -4.73. The number of ether oxygens (including phenoxy) is 4. The Balaban J connectivity index is 1.11. The molecule has 4 heterocycles. The van der Waals surface area contributed by atoms with Crippen molar-refractivity contribution in [1.29, 1.82) is 0 Å². The van der Waals surface area contributed by atoms with Crippen LogP contribution in [-0.4, -0.2) is 109 Å². The zero-order valence-corrected chi connectivity index (χ0v) is 30.8. The van der Waals surface area contributed by atoms with Gasteiger partial charge < -0.3 is 37.5 Å². The van der Waals surface area contributed by atoms with E-state index in [9.17, 15) is 18.9 Å². The zero-order valence-electron chi connectivity index (χ0n) is 30.0. The van der Waals surface area contributed by atoms with E-state index in [4.69, 9.17) is 23.6 Å². The number of quaternary nitrogens is 1. The second kappa shape index (κ2) is 15.3. The first-order chi connectivity index (χ1) is 25.6. The third kappa shape index (κ3) is 7.17. The van der Waals surface area contributed by atoms with Crippen LogP contribution in [0.3, 0.4) is 0 Å². The van der Waals surface area contributed by atoms with E-state index in [1.807, 2.05) is 36.4 Å². The van der Waals surface area contributed by atoms with Gasteiger partial charge in [0, 0.05) is 12.8 Å². The van der Waals surface area contributed by atoms with Gasteiger partial charge in [0.1, 0.15) is 48.7 Å². The SMILES string of the molecule is BOC(=O)C1=C(C[N@+]23CCC[C@H]2CN(C(=O)c2ccc(OCc4ccc(OC)cc4)c(OCc4ccc(OC)cc4)c2F)CC3)C[S+]([O-])[C@@H]2CC(=O)N12. The molecule has 15 heteroatoms. The summed E-state index contributed by atoms with van der Waals surface area (Å²) in [4.78, 5) is 42.6. The number of rotatable bonds is 12. The number of benzene rings is 3. The zero-order chi connectivity index (χ0) is 37.3. The highest BCUT2D eigenvalue weighted by molar-refractivity contribution is 7.92. The van der Waals surface area contributed by atoms with Crippen molar-refractivity contribution < 1.29 is 51.4 Å². The van der Waals surface area contributed by atoms with Crippen LogP contribution in [-0.2, 0) is 38.6 Å². The molecule has 4 aliphatic rings. The number of piperazine rings is 1. The lowest BCUT2D eigenvalue weighted by Gasteiger charge is -2.49. The molecule has 4 aliphatic heterocycles. The van der Waals surface area contributed by atoms with Crippen molar-refractivity contribution in [1.82, 2.24) is 9.80 Å². The van der Waals surface area contributed by atoms with Crippen molar-refractivity contribution in [2.24, 2.45) is 0 Å². The highest BCUT2D eigenvalue weighted by Gasteiger charge is 2.55. The van der Waals surface area contributed by atoms with E-state index < -0.39 is 34.2 Å². The second-order valence-electron chi connectivity index (χ2n) is 13.8. The van der Waals surface area contributed by atoms with E-state index in [-0.39, 0.29) is 60.1 Å². The summed E-state index contributed by atoms with van der Waals surface area (Å²) >= 11 is -1.32. The minimum Gasteiger partial charge on any atom is -0.614 e. The van der Waals surface area contributed by atoms with Crippen LogP contribution in [0.1, 0.15) is 40.7 Å². The summed E-state index contributed by atoms with van der Waals surface area (Å²) in [5.41, 5.74) is 2.36. The fraction of sp³-hybridized carbons (Fsp3) is 0.395. The number of carbonyl (C=O) groups is 3. The Labute approximate surface area is 311 Å². The highest BCUT2D eigenvalue weighted by atomic mass is 32.2. The van der Waals surface area contributed by atoms with Crippen LogP contribution in [0.4, 0.5) is 4.39 Å². The number of hydrogen-bond acceptors (Lipinski definition) is 9. The van der Waals surface area contributed by atoms with Crippen LogP contribution >= 0.6 is 0 Å². The van der Waals surface area contributed by atoms with E-state index in [2.05, 4.69) is 0 Å². The summed E-state index contributed by atoms with van der Waals surface area (Å²) in [6, 6.07) is 17.6. The van der Waals surface area contributed by atoms with Gasteiger partial charge in [-0.1, -0.05) is 24.3 Å². The Bertz CT molecular complexity index is 1910. The first kappa shape index (κ1) is 36.6. The predicted octanol–water partition coefficient (Wildman–Crippen LogP) is 3.10. The average molecular weight is 747 g/mol. The van der Waals surface area contributed by atoms with Crippen LogP contribution in [0.5, 0.6) is 23.0 Å². The number of methoxy groups -OCH3 is 2. The molecule has 3 aromatic rings. The van der Waals surface area contributed by atoms with Crippen molar-refractivity contribution in [2.75, 3.05) is 52.7 Å². The molecule has 1 unspecified atom stereocenters. The van der Waals surface area contributed by atoms with Gasteiger partial charge in [-0.2, -0.15) is 0 Å². The minimum atomic E-state index is -1.32. The lowest BCUT2D eigenvalue weighted by atomic mass is 10.0. The number of carbonyl (C=O) groups excluding carboxylic acids is 3. The molecule has 7 rings (SSSR count). The van der Waals surface area contributed by atoms with E-state index in [1.165, 1.54) is 19.0 Å². The number of amides is 2. The molecule has 0 bridgehead atoms. The van der Waals surface area contributed by atoms with E-state index in [1.54, 1.807) is 37.3 Å². The average Bonchev–Trinajstić information content (AvgIpc) is 3.59. The van der Waals surface area contributed by atoms with Gasteiger partial charge in [-0.15, -0.1) is 0 Å². The van der Waals surface area contributed by atoms with Crippen molar-refractivity contribution in [3.8, 4) is 23.0 Å². The van der Waals surface area contributed by atoms with E-state index in [0.29, 0.717) is 47.7 Å². The fourth-order valence-electron chi connectivity index (χ4n) is 7.89. The third-order valence-corrected chi connectivity index (χ3v) is 12.4. The van der Waals surface area contributed by atoms with Gasteiger partial charge in [-0.25, -0.2) is 9.18 Å². The van der Waals surface area contributed by atoms with Crippen molar-refractivity contribution in [2.45, 2.75) is 43.9 Å². The first-order valence-corrected chi connectivity index (χ1v) is 19.0. The summed E-state index contributed by atoms with van der Waals surface area (Å²) in [5.74, 6) is -0.513. The molecule has 0 N–H and O–H groups in total. The summed E-state index contributed by atoms with van der Waals surface area (Å²) in [6.45, 7) is 2.69. The summed E-state index contributed by atoms with van der Waals surface area (Å²) in [6.07, 6.45) is 1.89. The molecule has 2 amide bonds. The van der Waals surface area contributed by atoms with Crippen LogP contribution < -0.4 is 18.9 Å². The number of β-lactam (4-membered cyclic amide) rings is 1. The Morgan fingerprint density at radius 2 is 1.62 bits per heavy atom.